The minimum atomic E-state index is 0.902. The molecule has 6 heteroatoms. The first-order chi connectivity index (χ1) is 24.4. The van der Waals surface area contributed by atoms with Crippen LogP contribution in [0.5, 0.6) is 0 Å². The van der Waals surface area contributed by atoms with Crippen molar-refractivity contribution in [2.24, 2.45) is 0 Å². The van der Waals surface area contributed by atoms with E-state index in [1.807, 2.05) is 0 Å². The van der Waals surface area contributed by atoms with E-state index >= 15 is 0 Å². The number of fused-ring (bicyclic) bond motifs is 5. The maximum atomic E-state index is 6.51. The third kappa shape index (κ3) is 4.55. The summed E-state index contributed by atoms with van der Waals surface area (Å²) in [5.74, 6) is 0. The lowest BCUT2D eigenvalue weighted by atomic mass is 9.59. The van der Waals surface area contributed by atoms with Crippen LogP contribution in [-0.2, 0) is 0 Å². The number of hydrogen-bond donors (Lipinski definition) is 0. The summed E-state index contributed by atoms with van der Waals surface area (Å²) >= 11 is 0. The molecule has 0 saturated heterocycles. The van der Waals surface area contributed by atoms with E-state index in [1.165, 1.54) is 93.4 Å². The molecule has 0 aliphatic carbocycles. The smallest absolute Gasteiger partial charge is 0.139 e. The lowest BCUT2D eigenvalue weighted by molar-refractivity contribution is 0.669. The van der Waals surface area contributed by atoms with Crippen molar-refractivity contribution in [3.63, 3.8) is 0 Å². The summed E-state index contributed by atoms with van der Waals surface area (Å²) in [4.78, 5) is 0. The van der Waals surface area contributed by atoms with Crippen LogP contribution < -0.4 is 27.3 Å². The van der Waals surface area contributed by atoms with Crippen LogP contribution >= 0.6 is 0 Å². The van der Waals surface area contributed by atoms with Crippen molar-refractivity contribution in [1.82, 2.24) is 0 Å². The highest BCUT2D eigenvalue weighted by Gasteiger charge is 2.24. The minimum absolute atomic E-state index is 0.902. The molecule has 0 saturated carbocycles. The molecule has 8 aromatic carbocycles. The molecule has 50 heavy (non-hydrogen) atoms. The molecule has 230 valence electrons. The van der Waals surface area contributed by atoms with Gasteiger partial charge in [0.2, 0.25) is 0 Å². The van der Waals surface area contributed by atoms with E-state index in [4.69, 9.17) is 4.42 Å². The van der Waals surface area contributed by atoms with Crippen molar-refractivity contribution in [2.45, 2.75) is 0 Å². The molecule has 1 nitrogen and oxygen atoms in total. The second-order valence-electron chi connectivity index (χ2n) is 13.7. The summed E-state index contributed by atoms with van der Waals surface area (Å²) in [6.07, 6.45) is 0. The van der Waals surface area contributed by atoms with Gasteiger partial charge in [-0.25, -0.2) is 0 Å². The summed E-state index contributed by atoms with van der Waals surface area (Å²) in [7, 11) is 11.4. The first-order valence-corrected chi connectivity index (χ1v) is 17.5. The zero-order valence-electron chi connectivity index (χ0n) is 29.2. The van der Waals surface area contributed by atoms with Gasteiger partial charge in [0, 0.05) is 16.3 Å². The van der Waals surface area contributed by atoms with Crippen molar-refractivity contribution in [3.8, 4) is 44.5 Å². The van der Waals surface area contributed by atoms with Gasteiger partial charge < -0.3 is 4.42 Å². The summed E-state index contributed by atoms with van der Waals surface area (Å²) in [6, 6.07) is 50.6. The van der Waals surface area contributed by atoms with E-state index in [2.05, 4.69) is 179 Å². The Morgan fingerprint density at radius 2 is 0.760 bits per heavy atom. The maximum absolute atomic E-state index is 6.51. The largest absolute Gasteiger partial charge is 0.456 e. The van der Waals surface area contributed by atoms with Crippen LogP contribution in [0.3, 0.4) is 0 Å². The second-order valence-corrected chi connectivity index (χ2v) is 13.7. The fourth-order valence-electron chi connectivity index (χ4n) is 8.35. The average Bonchev–Trinajstić information content (AvgIpc) is 3.55. The van der Waals surface area contributed by atoms with E-state index < -0.39 is 0 Å². The van der Waals surface area contributed by atoms with Gasteiger partial charge in [-0.2, -0.15) is 0 Å². The van der Waals surface area contributed by atoms with Crippen molar-refractivity contribution < 1.29 is 4.42 Å². The van der Waals surface area contributed by atoms with Gasteiger partial charge >= 0.3 is 0 Å². The highest BCUT2D eigenvalue weighted by atomic mass is 16.3. The number of furan rings is 1. The second kappa shape index (κ2) is 11.8. The third-order valence-electron chi connectivity index (χ3n) is 11.3. The Labute approximate surface area is 297 Å². The maximum Gasteiger partial charge on any atom is 0.139 e. The summed E-state index contributed by atoms with van der Waals surface area (Å²) in [5.41, 5.74) is 18.6. The molecule has 0 aliphatic rings. The van der Waals surface area contributed by atoms with E-state index in [0.29, 0.717) is 0 Å². The molecule has 0 N–H and O–H groups in total. The molecule has 0 fully saturated rings. The standard InChI is InChI=1S/C44H33B5O/c45-40-39(41(46)43(48)44(49)42(40)47)37-29-14-6-4-12-27(29)36(28-13-5-7-15-30(28)37)32-22-23-34-38(31-16-8-9-17-33(31)50-34)35(32)26-20-18-25(19-21-26)24-10-2-1-3-11-24/h1-23H,45-49H2. The first-order valence-electron chi connectivity index (χ1n) is 17.5. The summed E-state index contributed by atoms with van der Waals surface area (Å²) < 4.78 is 6.51. The summed E-state index contributed by atoms with van der Waals surface area (Å²) in [5, 5.41) is 7.35. The van der Waals surface area contributed by atoms with E-state index in [0.717, 1.165) is 21.9 Å². The molecule has 0 bridgehead atoms. The normalized spacial score (nSPS) is 11.6. The third-order valence-corrected chi connectivity index (χ3v) is 11.3. The molecule has 1 aromatic heterocycles. The lowest BCUT2D eigenvalue weighted by Gasteiger charge is -2.25. The van der Waals surface area contributed by atoms with Gasteiger partial charge in [0.1, 0.15) is 50.4 Å². The first kappa shape index (κ1) is 30.5. The quantitative estimate of drug-likeness (QED) is 0.213. The van der Waals surface area contributed by atoms with Gasteiger partial charge in [-0.05, 0) is 78.7 Å². The predicted octanol–water partition coefficient (Wildman–Crippen LogP) is 3.85. The van der Waals surface area contributed by atoms with Crippen LogP contribution in [0.15, 0.2) is 144 Å². The Balaban J connectivity index is 1.42. The SMILES string of the molecule is Bc1c(B)c(B)c(-c2c3ccccc3c(-c3ccc4oc5ccccc5c4c3-c3ccc(-c4ccccc4)cc3)c3ccccc23)c(B)c1B. The molecule has 0 atom stereocenters. The zero-order chi connectivity index (χ0) is 34.1. The molecule has 1 heterocycles. The number of para-hydroxylation sites is 1. The van der Waals surface area contributed by atoms with Crippen LogP contribution in [0.1, 0.15) is 0 Å². The number of rotatable bonds is 4. The van der Waals surface area contributed by atoms with Gasteiger partial charge in [-0.3, -0.25) is 0 Å². The number of hydrogen-bond acceptors (Lipinski definition) is 1. The Morgan fingerprint density at radius 3 is 1.36 bits per heavy atom. The van der Waals surface area contributed by atoms with Crippen LogP contribution in [0.2, 0.25) is 0 Å². The number of benzene rings is 8. The van der Waals surface area contributed by atoms with Crippen molar-refractivity contribution in [2.75, 3.05) is 0 Å². The van der Waals surface area contributed by atoms with Gasteiger partial charge in [-0.15, -0.1) is 16.4 Å². The highest BCUT2D eigenvalue weighted by molar-refractivity contribution is 6.69. The van der Waals surface area contributed by atoms with Crippen LogP contribution in [0, 0.1) is 0 Å². The fourth-order valence-corrected chi connectivity index (χ4v) is 8.35. The Kier molecular flexibility index (Phi) is 7.18. The monoisotopic (exact) mass is 632 g/mol. The van der Waals surface area contributed by atoms with Crippen LogP contribution in [0.4, 0.5) is 0 Å². The molecule has 0 radical (unpaired) electrons. The summed E-state index contributed by atoms with van der Waals surface area (Å²) in [6.45, 7) is 0. The van der Waals surface area contributed by atoms with Crippen molar-refractivity contribution in [3.05, 3.63) is 140 Å². The minimum Gasteiger partial charge on any atom is -0.456 e. The molecule has 9 aromatic rings. The predicted molar refractivity (Wildman–Crippen MR) is 231 cm³/mol. The molecule has 0 amide bonds. The molecular weight excluding hydrogens is 599 g/mol. The van der Waals surface area contributed by atoms with E-state index in [9.17, 15) is 0 Å². The van der Waals surface area contributed by atoms with E-state index in [1.54, 1.807) is 0 Å². The Morgan fingerprint density at radius 1 is 0.300 bits per heavy atom. The highest BCUT2D eigenvalue weighted by Crippen LogP contribution is 2.49. The van der Waals surface area contributed by atoms with Gasteiger partial charge in [0.25, 0.3) is 0 Å². The average molecular weight is 632 g/mol. The van der Waals surface area contributed by atoms with E-state index in [-0.39, 0.29) is 0 Å². The van der Waals surface area contributed by atoms with Crippen LogP contribution in [0.25, 0.3) is 88.0 Å². The van der Waals surface area contributed by atoms with Gasteiger partial charge in [-0.1, -0.05) is 132 Å². The Hall–Kier alpha value is -5.60. The lowest BCUT2D eigenvalue weighted by Crippen LogP contribution is -2.55. The molecular formula is C44H33B5O. The molecule has 0 aliphatic heterocycles. The fraction of sp³-hybridized carbons (Fsp3) is 0. The zero-order valence-corrected chi connectivity index (χ0v) is 29.2. The molecule has 9 rings (SSSR count). The van der Waals surface area contributed by atoms with Gasteiger partial charge in [0.15, 0.2) is 0 Å². The molecule has 0 spiro atoms. The topological polar surface area (TPSA) is 13.1 Å². The van der Waals surface area contributed by atoms with Gasteiger partial charge in [0.05, 0.1) is 0 Å². The Bertz CT molecular complexity index is 2720. The van der Waals surface area contributed by atoms with Crippen LogP contribution in [-0.4, -0.2) is 39.2 Å². The van der Waals surface area contributed by atoms with Crippen molar-refractivity contribution >= 4 is 110 Å². The molecule has 0 unspecified atom stereocenters. The van der Waals surface area contributed by atoms with Crippen molar-refractivity contribution in [1.29, 1.82) is 0 Å².